The number of halogens is 1. The SMILES string of the molecule is CC(C1CCN(c2cc(C(=O)NS(=O)(=O)N(C)C)nc3c2c(C2CCC2)nn3-c2ccc(F)cc2)CC1)N1CCOCC1. The Hall–Kier alpha value is -3.13. The largest absolute Gasteiger partial charge is 0.379 e. The van der Waals surface area contributed by atoms with Crippen LogP contribution in [-0.2, 0) is 14.9 Å². The molecule has 13 heteroatoms. The van der Waals surface area contributed by atoms with Gasteiger partial charge in [-0.3, -0.25) is 9.69 Å². The molecule has 43 heavy (non-hydrogen) atoms. The Kier molecular flexibility index (Phi) is 8.42. The van der Waals surface area contributed by atoms with Crippen molar-refractivity contribution >= 4 is 32.8 Å². The van der Waals surface area contributed by atoms with E-state index >= 15 is 0 Å². The number of nitrogens with zero attached hydrogens (tertiary/aromatic N) is 6. The van der Waals surface area contributed by atoms with Crippen molar-refractivity contribution in [1.29, 1.82) is 0 Å². The minimum Gasteiger partial charge on any atom is -0.379 e. The van der Waals surface area contributed by atoms with E-state index in [0.717, 1.165) is 92.6 Å². The van der Waals surface area contributed by atoms with Crippen LogP contribution in [0.15, 0.2) is 30.3 Å². The molecule has 0 radical (unpaired) electrons. The van der Waals surface area contributed by atoms with Crippen molar-refractivity contribution in [2.45, 2.75) is 51.0 Å². The second-order valence-electron chi connectivity index (χ2n) is 12.1. The number of nitrogens with one attached hydrogen (secondary N) is 1. The van der Waals surface area contributed by atoms with Gasteiger partial charge in [0.25, 0.3) is 5.91 Å². The predicted octanol–water partition coefficient (Wildman–Crippen LogP) is 3.30. The number of ether oxygens (including phenoxy) is 1. The molecule has 3 aromatic rings. The van der Waals surface area contributed by atoms with Crippen LogP contribution < -0.4 is 9.62 Å². The zero-order valence-corrected chi connectivity index (χ0v) is 25.8. The first kappa shape index (κ1) is 29.9. The number of carbonyl (C=O) groups is 1. The van der Waals surface area contributed by atoms with Gasteiger partial charge in [-0.1, -0.05) is 6.42 Å². The molecule has 2 saturated heterocycles. The number of carbonyl (C=O) groups excluding carboxylic acids is 1. The molecule has 11 nitrogen and oxygen atoms in total. The summed E-state index contributed by atoms with van der Waals surface area (Å²) in [6.07, 6.45) is 5.12. The molecule has 1 N–H and O–H groups in total. The summed E-state index contributed by atoms with van der Waals surface area (Å²) in [5.41, 5.74) is 2.82. The molecular weight excluding hydrogens is 573 g/mol. The highest BCUT2D eigenvalue weighted by molar-refractivity contribution is 7.87. The van der Waals surface area contributed by atoms with Gasteiger partial charge in [-0.05, 0) is 68.9 Å². The number of aromatic nitrogens is 3. The molecule has 3 fully saturated rings. The summed E-state index contributed by atoms with van der Waals surface area (Å²) in [5.74, 6) is -0.383. The maximum Gasteiger partial charge on any atom is 0.303 e. The molecule has 4 heterocycles. The summed E-state index contributed by atoms with van der Waals surface area (Å²) in [6.45, 7) is 7.35. The smallest absolute Gasteiger partial charge is 0.303 e. The molecule has 1 atom stereocenters. The molecular formula is C30H40FN7O4S. The predicted molar refractivity (Wildman–Crippen MR) is 162 cm³/mol. The molecule has 6 rings (SSSR count). The number of anilines is 1. The van der Waals surface area contributed by atoms with Gasteiger partial charge in [0, 0.05) is 52.2 Å². The first-order chi connectivity index (χ1) is 20.6. The molecule has 232 valence electrons. The van der Waals surface area contributed by atoms with Crippen LogP contribution in [0.4, 0.5) is 10.1 Å². The maximum absolute atomic E-state index is 13.8. The summed E-state index contributed by atoms with van der Waals surface area (Å²) in [7, 11) is -1.32. The van der Waals surface area contributed by atoms with Gasteiger partial charge in [0.05, 0.1) is 35.7 Å². The number of benzene rings is 1. The van der Waals surface area contributed by atoms with Crippen molar-refractivity contribution in [3.63, 3.8) is 0 Å². The summed E-state index contributed by atoms with van der Waals surface area (Å²) >= 11 is 0. The molecule has 1 aromatic carbocycles. The number of hydrogen-bond acceptors (Lipinski definition) is 8. The van der Waals surface area contributed by atoms with Gasteiger partial charge in [0.15, 0.2) is 5.65 Å². The van der Waals surface area contributed by atoms with Crippen molar-refractivity contribution < 1.29 is 22.3 Å². The molecule has 0 spiro atoms. The first-order valence-electron chi connectivity index (χ1n) is 15.1. The lowest BCUT2D eigenvalue weighted by Gasteiger charge is -2.41. The summed E-state index contributed by atoms with van der Waals surface area (Å²) in [5, 5.41) is 5.88. The normalized spacial score (nSPS) is 20.0. The Morgan fingerprint density at radius 3 is 2.35 bits per heavy atom. The van der Waals surface area contributed by atoms with Crippen LogP contribution in [0, 0.1) is 11.7 Å². The Morgan fingerprint density at radius 1 is 1.07 bits per heavy atom. The molecule has 2 aromatic heterocycles. The number of piperidine rings is 1. The molecule has 2 aliphatic heterocycles. The van der Waals surface area contributed by atoms with Gasteiger partial charge in [0.2, 0.25) is 0 Å². The zero-order chi connectivity index (χ0) is 30.3. The van der Waals surface area contributed by atoms with Crippen molar-refractivity contribution in [3.05, 3.63) is 47.5 Å². The lowest BCUT2D eigenvalue weighted by Crippen LogP contribution is -2.48. The van der Waals surface area contributed by atoms with Crippen LogP contribution in [0.2, 0.25) is 0 Å². The van der Waals surface area contributed by atoms with E-state index in [1.807, 2.05) is 0 Å². The number of fused-ring (bicyclic) bond motifs is 1. The third-order valence-corrected chi connectivity index (χ3v) is 10.7. The van der Waals surface area contributed by atoms with Crippen LogP contribution in [0.25, 0.3) is 16.7 Å². The average Bonchev–Trinajstić information content (AvgIpc) is 3.35. The Labute approximate surface area is 252 Å². The summed E-state index contributed by atoms with van der Waals surface area (Å²) < 4.78 is 49.2. The highest BCUT2D eigenvalue weighted by Crippen LogP contribution is 2.43. The first-order valence-corrected chi connectivity index (χ1v) is 16.6. The van der Waals surface area contributed by atoms with Gasteiger partial charge in [-0.2, -0.15) is 17.8 Å². The molecule has 1 saturated carbocycles. The molecule has 1 unspecified atom stereocenters. The molecule has 0 bridgehead atoms. The highest BCUT2D eigenvalue weighted by atomic mass is 32.2. The average molecular weight is 614 g/mol. The quantitative estimate of drug-likeness (QED) is 0.412. The number of pyridine rings is 1. The fraction of sp³-hybridized carbons (Fsp3) is 0.567. The van der Waals surface area contributed by atoms with Crippen molar-refractivity contribution in [1.82, 2.24) is 28.7 Å². The summed E-state index contributed by atoms with van der Waals surface area (Å²) in [4.78, 5) is 22.9. The number of rotatable bonds is 8. The number of hydrogen-bond donors (Lipinski definition) is 1. The monoisotopic (exact) mass is 613 g/mol. The standard InChI is InChI=1S/C30H40FN7O4S/c1-20(36-15-17-42-18-16-36)21-11-13-37(14-12-21)26-19-25(30(39)34-43(40,41)35(2)3)32-29-27(26)28(22-5-4-6-22)33-38(29)24-9-7-23(31)8-10-24/h7-10,19-22H,4-6,11-18H2,1-3H3,(H,34,39). The van der Waals surface area contributed by atoms with E-state index in [9.17, 15) is 17.6 Å². The van der Waals surface area contributed by atoms with Gasteiger partial charge in [-0.25, -0.2) is 18.8 Å². The fourth-order valence-electron chi connectivity index (χ4n) is 6.38. The van der Waals surface area contributed by atoms with Crippen LogP contribution >= 0.6 is 0 Å². The maximum atomic E-state index is 13.8. The Morgan fingerprint density at radius 2 is 1.74 bits per heavy atom. The second-order valence-corrected chi connectivity index (χ2v) is 13.9. The third kappa shape index (κ3) is 6.00. The van der Waals surface area contributed by atoms with Gasteiger partial charge in [0.1, 0.15) is 11.5 Å². The van der Waals surface area contributed by atoms with Gasteiger partial charge in [-0.15, -0.1) is 0 Å². The van der Waals surface area contributed by atoms with E-state index in [0.29, 0.717) is 23.3 Å². The van der Waals surface area contributed by atoms with Crippen molar-refractivity contribution in [2.75, 3.05) is 58.4 Å². The molecule has 1 aliphatic carbocycles. The van der Waals surface area contributed by atoms with E-state index in [1.165, 1.54) is 26.2 Å². The van der Waals surface area contributed by atoms with E-state index in [4.69, 9.17) is 14.8 Å². The van der Waals surface area contributed by atoms with Crippen LogP contribution in [0.3, 0.4) is 0 Å². The topological polar surface area (TPSA) is 113 Å². The van der Waals surface area contributed by atoms with E-state index in [2.05, 4.69) is 21.4 Å². The van der Waals surface area contributed by atoms with Crippen LogP contribution in [0.1, 0.15) is 61.1 Å². The van der Waals surface area contributed by atoms with E-state index < -0.39 is 16.1 Å². The van der Waals surface area contributed by atoms with Gasteiger partial charge >= 0.3 is 10.2 Å². The third-order valence-electron chi connectivity index (χ3n) is 9.33. The Balaban J connectivity index is 1.41. The number of morpholine rings is 1. The Bertz CT molecular complexity index is 1580. The lowest BCUT2D eigenvalue weighted by atomic mass is 9.81. The van der Waals surface area contributed by atoms with Crippen molar-refractivity contribution in [3.8, 4) is 5.69 Å². The minimum absolute atomic E-state index is 0.0137. The number of amides is 1. The minimum atomic E-state index is -4.03. The summed E-state index contributed by atoms with van der Waals surface area (Å²) in [6, 6.07) is 8.17. The van der Waals surface area contributed by atoms with Gasteiger partial charge < -0.3 is 9.64 Å². The second kappa shape index (κ2) is 12.1. The zero-order valence-electron chi connectivity index (χ0n) is 25.0. The van der Waals surface area contributed by atoms with E-state index in [1.54, 1.807) is 22.9 Å². The van der Waals surface area contributed by atoms with Crippen LogP contribution in [0.5, 0.6) is 0 Å². The molecule has 1 amide bonds. The van der Waals surface area contributed by atoms with Crippen molar-refractivity contribution in [2.24, 2.45) is 5.92 Å². The molecule has 3 aliphatic rings. The van der Waals surface area contributed by atoms with E-state index in [-0.39, 0.29) is 17.4 Å². The van der Waals surface area contributed by atoms with Crippen LogP contribution in [-0.4, -0.2) is 97.8 Å². The highest BCUT2D eigenvalue weighted by Gasteiger charge is 2.34. The lowest BCUT2D eigenvalue weighted by molar-refractivity contribution is 0.00450. The fourth-order valence-corrected chi connectivity index (χ4v) is 6.91.